The number of hydrogen-bond acceptors (Lipinski definition) is 1. The Hall–Kier alpha value is -2.00. The lowest BCUT2D eigenvalue weighted by atomic mass is 9.77. The molecule has 28 heavy (non-hydrogen) atoms. The van der Waals surface area contributed by atoms with Crippen LogP contribution in [0.1, 0.15) is 74.2 Å². The molecule has 1 aliphatic carbocycles. The van der Waals surface area contributed by atoms with E-state index in [1.54, 1.807) is 0 Å². The van der Waals surface area contributed by atoms with Crippen LogP contribution in [0.5, 0.6) is 0 Å². The van der Waals surface area contributed by atoms with Crippen molar-refractivity contribution in [1.82, 2.24) is 0 Å². The molecule has 1 atom stereocenters. The van der Waals surface area contributed by atoms with Gasteiger partial charge >= 0.3 is 0 Å². The lowest BCUT2D eigenvalue weighted by Crippen LogP contribution is -2.15. The molecule has 0 aliphatic heterocycles. The first-order chi connectivity index (χ1) is 13.6. The molecule has 3 heteroatoms. The lowest BCUT2D eigenvalue weighted by Gasteiger charge is -2.29. The van der Waals surface area contributed by atoms with Gasteiger partial charge in [-0.3, -0.25) is 0 Å². The summed E-state index contributed by atoms with van der Waals surface area (Å²) < 4.78 is 35.8. The Morgan fingerprint density at radius 1 is 1.07 bits per heavy atom. The van der Waals surface area contributed by atoms with Crippen LogP contribution in [0, 0.1) is 17.6 Å². The van der Waals surface area contributed by atoms with Gasteiger partial charge in [-0.05, 0) is 80.5 Å². The van der Waals surface area contributed by atoms with Crippen molar-refractivity contribution in [3.63, 3.8) is 0 Å². The molecule has 0 N–H and O–H groups in total. The van der Waals surface area contributed by atoms with Crippen molar-refractivity contribution in [3.8, 4) is 0 Å². The van der Waals surface area contributed by atoms with Gasteiger partial charge in [0, 0.05) is 6.61 Å². The fourth-order valence-corrected chi connectivity index (χ4v) is 4.37. The van der Waals surface area contributed by atoms with Crippen molar-refractivity contribution < 1.29 is 13.5 Å². The highest BCUT2D eigenvalue weighted by Crippen LogP contribution is 2.39. The van der Waals surface area contributed by atoms with Gasteiger partial charge in [0.15, 0.2) is 0 Å². The second-order valence-corrected chi connectivity index (χ2v) is 7.73. The Balaban J connectivity index is 1.80. The third-order valence-electron chi connectivity index (χ3n) is 5.90. The SMILES string of the molecule is C=CCC[C@H]1CC[C@H](c2cc(F)c(C(OCC)c3ccccc3)c(F)c2)CC1. The molecule has 1 aliphatic rings. The van der Waals surface area contributed by atoms with Gasteiger partial charge in [0.25, 0.3) is 0 Å². The normalized spacial score (nSPS) is 20.7. The second kappa shape index (κ2) is 9.97. The topological polar surface area (TPSA) is 9.23 Å². The van der Waals surface area contributed by atoms with Gasteiger partial charge in [-0.25, -0.2) is 8.78 Å². The number of hydrogen-bond donors (Lipinski definition) is 0. The Morgan fingerprint density at radius 2 is 1.71 bits per heavy atom. The zero-order valence-corrected chi connectivity index (χ0v) is 16.7. The zero-order valence-electron chi connectivity index (χ0n) is 16.7. The number of benzene rings is 2. The molecule has 0 bridgehead atoms. The van der Waals surface area contributed by atoms with Crippen molar-refractivity contribution in [2.24, 2.45) is 5.92 Å². The maximum absolute atomic E-state index is 15.0. The van der Waals surface area contributed by atoms with Crippen LogP contribution in [0.25, 0.3) is 0 Å². The number of allylic oxidation sites excluding steroid dienone is 1. The predicted molar refractivity (Wildman–Crippen MR) is 110 cm³/mol. The fraction of sp³-hybridized carbons (Fsp3) is 0.440. The molecule has 150 valence electrons. The van der Waals surface area contributed by atoms with Crippen LogP contribution in [0.4, 0.5) is 8.78 Å². The van der Waals surface area contributed by atoms with Crippen molar-refractivity contribution in [1.29, 1.82) is 0 Å². The summed E-state index contributed by atoms with van der Waals surface area (Å²) in [6.45, 7) is 6.01. The molecular weight excluding hydrogens is 354 g/mol. The van der Waals surface area contributed by atoms with E-state index >= 15 is 8.78 Å². The zero-order chi connectivity index (χ0) is 19.9. The third kappa shape index (κ3) is 4.88. The van der Waals surface area contributed by atoms with Gasteiger partial charge in [-0.1, -0.05) is 36.4 Å². The van der Waals surface area contributed by atoms with Gasteiger partial charge in [-0.15, -0.1) is 6.58 Å². The van der Waals surface area contributed by atoms with E-state index in [9.17, 15) is 0 Å². The first-order valence-electron chi connectivity index (χ1n) is 10.4. The van der Waals surface area contributed by atoms with Gasteiger partial charge in [0.2, 0.25) is 0 Å². The minimum absolute atomic E-state index is 0.0106. The van der Waals surface area contributed by atoms with E-state index in [-0.39, 0.29) is 11.5 Å². The molecule has 3 rings (SSSR count). The smallest absolute Gasteiger partial charge is 0.132 e. The van der Waals surface area contributed by atoms with Crippen LogP contribution in [-0.4, -0.2) is 6.61 Å². The number of ether oxygens (including phenoxy) is 1. The van der Waals surface area contributed by atoms with Gasteiger partial charge in [0.1, 0.15) is 17.7 Å². The Kier molecular flexibility index (Phi) is 7.38. The molecular formula is C25H30F2O. The van der Waals surface area contributed by atoms with E-state index in [0.29, 0.717) is 12.5 Å². The summed E-state index contributed by atoms with van der Waals surface area (Å²) in [5, 5.41) is 0. The molecule has 0 spiro atoms. The fourth-order valence-electron chi connectivity index (χ4n) is 4.37. The summed E-state index contributed by atoms with van der Waals surface area (Å²) in [6.07, 6.45) is 7.69. The average molecular weight is 385 g/mol. The highest BCUT2D eigenvalue weighted by atomic mass is 19.1. The van der Waals surface area contributed by atoms with Crippen LogP contribution in [0.3, 0.4) is 0 Å². The summed E-state index contributed by atoms with van der Waals surface area (Å²) in [5.74, 6) is -0.0684. The molecule has 2 aromatic carbocycles. The molecule has 1 fully saturated rings. The molecule has 0 aromatic heterocycles. The summed E-state index contributed by atoms with van der Waals surface area (Å²) in [5.41, 5.74) is 1.55. The molecule has 1 saturated carbocycles. The predicted octanol–water partition coefficient (Wildman–Crippen LogP) is 7.33. The third-order valence-corrected chi connectivity index (χ3v) is 5.90. The standard InChI is InChI=1S/C25H30F2O/c1-3-5-9-18-12-14-19(15-13-18)21-16-22(26)24(23(27)17-21)25(28-4-2)20-10-7-6-8-11-20/h3,6-8,10-11,16-19,25H,1,4-5,9,12-15H2,2H3/t18-,19-,25?. The summed E-state index contributed by atoms with van der Waals surface area (Å²) >= 11 is 0. The van der Waals surface area contributed by atoms with Crippen LogP contribution in [0.2, 0.25) is 0 Å². The molecule has 2 aromatic rings. The monoisotopic (exact) mass is 384 g/mol. The molecule has 0 saturated heterocycles. The molecule has 0 heterocycles. The van der Waals surface area contributed by atoms with E-state index in [1.807, 2.05) is 43.3 Å². The van der Waals surface area contributed by atoms with E-state index in [4.69, 9.17) is 4.74 Å². The van der Waals surface area contributed by atoms with Gasteiger partial charge < -0.3 is 4.74 Å². The highest BCUT2D eigenvalue weighted by Gasteiger charge is 2.27. The van der Waals surface area contributed by atoms with Crippen molar-refractivity contribution in [2.75, 3.05) is 6.61 Å². The number of halogens is 2. The van der Waals surface area contributed by atoms with Crippen molar-refractivity contribution in [2.45, 2.75) is 57.5 Å². The van der Waals surface area contributed by atoms with Crippen molar-refractivity contribution in [3.05, 3.63) is 83.4 Å². The summed E-state index contributed by atoms with van der Waals surface area (Å²) in [7, 11) is 0. The molecule has 0 amide bonds. The molecule has 1 nitrogen and oxygen atoms in total. The van der Waals surface area contributed by atoms with E-state index in [0.717, 1.165) is 43.2 Å². The van der Waals surface area contributed by atoms with E-state index in [1.165, 1.54) is 18.6 Å². The average Bonchev–Trinajstić information content (AvgIpc) is 2.72. The largest absolute Gasteiger partial charge is 0.369 e. The van der Waals surface area contributed by atoms with Crippen LogP contribution >= 0.6 is 0 Å². The van der Waals surface area contributed by atoms with Gasteiger partial charge in [0.05, 0.1) is 5.56 Å². The highest BCUT2D eigenvalue weighted by molar-refractivity contribution is 5.36. The lowest BCUT2D eigenvalue weighted by molar-refractivity contribution is 0.0858. The summed E-state index contributed by atoms with van der Waals surface area (Å²) in [6, 6.07) is 12.3. The summed E-state index contributed by atoms with van der Waals surface area (Å²) in [4.78, 5) is 0. The van der Waals surface area contributed by atoms with E-state index in [2.05, 4.69) is 6.58 Å². The van der Waals surface area contributed by atoms with E-state index < -0.39 is 17.7 Å². The first-order valence-corrected chi connectivity index (χ1v) is 10.4. The Bertz CT molecular complexity index is 740. The van der Waals surface area contributed by atoms with Crippen LogP contribution in [0.15, 0.2) is 55.1 Å². The maximum Gasteiger partial charge on any atom is 0.132 e. The minimum atomic E-state index is -0.727. The minimum Gasteiger partial charge on any atom is -0.369 e. The quantitative estimate of drug-likeness (QED) is 0.433. The van der Waals surface area contributed by atoms with Crippen molar-refractivity contribution >= 4 is 0 Å². The van der Waals surface area contributed by atoms with Crippen LogP contribution in [-0.2, 0) is 4.74 Å². The number of rotatable bonds is 8. The maximum atomic E-state index is 15.0. The Morgan fingerprint density at radius 3 is 2.29 bits per heavy atom. The van der Waals surface area contributed by atoms with Crippen LogP contribution < -0.4 is 0 Å². The second-order valence-electron chi connectivity index (χ2n) is 7.73. The molecule has 1 unspecified atom stereocenters. The van der Waals surface area contributed by atoms with Gasteiger partial charge in [-0.2, -0.15) is 0 Å². The first kappa shape index (κ1) is 20.7. The Labute approximate surface area is 167 Å². The molecule has 0 radical (unpaired) electrons.